The van der Waals surface area contributed by atoms with Crippen molar-refractivity contribution in [3.63, 3.8) is 0 Å². The molecule has 2 aromatic heterocycles. The third kappa shape index (κ3) is 4.99. The number of nitrogen functional groups attached to an aromatic ring is 1. The summed E-state index contributed by atoms with van der Waals surface area (Å²) in [5, 5.41) is 19.4. The minimum Gasteiger partial charge on any atom is -0.497 e. The van der Waals surface area contributed by atoms with Crippen molar-refractivity contribution in [2.45, 2.75) is 10.6 Å². The average molecular weight is 481 g/mol. The van der Waals surface area contributed by atoms with Crippen molar-refractivity contribution in [1.29, 1.82) is 0 Å². The van der Waals surface area contributed by atoms with Crippen LogP contribution in [-0.4, -0.2) is 51.6 Å². The molecule has 1 amide bonds. The van der Waals surface area contributed by atoms with Crippen LogP contribution in [0.4, 0.5) is 5.82 Å². The lowest BCUT2D eigenvalue weighted by Crippen LogP contribution is -2.20. The molecule has 3 N–H and O–H groups in total. The van der Waals surface area contributed by atoms with Crippen LogP contribution in [0.2, 0.25) is 0 Å². The fourth-order valence-corrected chi connectivity index (χ4v) is 3.83. The van der Waals surface area contributed by atoms with E-state index in [1.165, 1.54) is 29.8 Å². The number of ether oxygens (including phenoxy) is 2. The third-order valence-corrected chi connectivity index (χ3v) is 5.63. The second kappa shape index (κ2) is 10.5. The van der Waals surface area contributed by atoms with E-state index in [0.29, 0.717) is 28.5 Å². The van der Waals surface area contributed by atoms with E-state index >= 15 is 0 Å². The van der Waals surface area contributed by atoms with Crippen LogP contribution in [0.3, 0.4) is 0 Å². The van der Waals surface area contributed by atoms with Gasteiger partial charge in [-0.15, -0.1) is 16.9 Å². The lowest BCUT2D eigenvalue weighted by atomic mass is 10.2. The Morgan fingerprint density at radius 1 is 1.21 bits per heavy atom. The summed E-state index contributed by atoms with van der Waals surface area (Å²) >= 11 is 1.49. The molecule has 2 heterocycles. The Morgan fingerprint density at radius 3 is 2.74 bits per heavy atom. The number of hydrogen-bond donors (Lipinski definition) is 2. The molecule has 2 aromatic carbocycles. The first-order valence-corrected chi connectivity index (χ1v) is 10.9. The normalized spacial score (nSPS) is 11.0. The number of nitrogens with one attached hydrogen (secondary N) is 1. The molecule has 0 radical (unpaired) electrons. The third-order valence-electron chi connectivity index (χ3n) is 4.60. The molecule has 4 aromatic rings. The van der Waals surface area contributed by atoms with E-state index in [9.17, 15) is 4.79 Å². The number of hydrazone groups is 1. The lowest BCUT2D eigenvalue weighted by molar-refractivity contribution is 0.0949. The fourth-order valence-electron chi connectivity index (χ4n) is 2.92. The molecule has 4 rings (SSSR count). The number of rotatable bonds is 9. The van der Waals surface area contributed by atoms with Gasteiger partial charge in [-0.05, 0) is 34.6 Å². The van der Waals surface area contributed by atoms with Crippen LogP contribution in [-0.2, 0) is 5.75 Å². The van der Waals surface area contributed by atoms with Crippen LogP contribution in [0, 0.1) is 0 Å². The zero-order chi connectivity index (χ0) is 23.9. The summed E-state index contributed by atoms with van der Waals surface area (Å²) in [5.74, 6) is 1.12. The van der Waals surface area contributed by atoms with E-state index < -0.39 is 5.91 Å². The van der Waals surface area contributed by atoms with Gasteiger partial charge in [-0.3, -0.25) is 4.79 Å². The quantitative estimate of drug-likeness (QED) is 0.207. The minimum atomic E-state index is -0.561. The molecule has 0 spiro atoms. The maximum Gasteiger partial charge on any atom is 0.293 e. The predicted molar refractivity (Wildman–Crippen MR) is 124 cm³/mol. The number of hydrogen-bond acceptors (Lipinski definition) is 11. The van der Waals surface area contributed by atoms with E-state index in [0.717, 1.165) is 4.90 Å². The number of carbonyl (C=O) groups is 1. The van der Waals surface area contributed by atoms with Gasteiger partial charge in [0.05, 0.1) is 26.1 Å². The van der Waals surface area contributed by atoms with Crippen LogP contribution < -0.4 is 20.6 Å². The molecular weight excluding hydrogens is 460 g/mol. The zero-order valence-electron chi connectivity index (χ0n) is 18.2. The number of thioether (sulfide) groups is 1. The fraction of sp³-hybridized carbons (Fsp3) is 0.143. The van der Waals surface area contributed by atoms with E-state index in [-0.39, 0.29) is 17.3 Å². The summed E-state index contributed by atoms with van der Waals surface area (Å²) in [6.45, 7) is 0. The molecule has 0 saturated carbocycles. The van der Waals surface area contributed by atoms with Crippen LogP contribution in [0.5, 0.6) is 11.5 Å². The van der Waals surface area contributed by atoms with E-state index in [2.05, 4.69) is 35.8 Å². The molecule has 12 nitrogen and oxygen atoms in total. The van der Waals surface area contributed by atoms with Crippen LogP contribution in [0.1, 0.15) is 21.7 Å². The predicted octanol–water partition coefficient (Wildman–Crippen LogP) is 2.31. The number of aromatic nitrogens is 5. The summed E-state index contributed by atoms with van der Waals surface area (Å²) in [6, 6.07) is 14.9. The van der Waals surface area contributed by atoms with Crippen LogP contribution in [0.25, 0.3) is 5.82 Å². The molecule has 0 bridgehead atoms. The standard InChI is InChI=1S/C21H20N8O4S/c1-31-14-9-8-13(17(10-14)32-2)11-23-25-21(30)18-16(12-34-15-6-4-3-5-7-15)29(28-24-18)20-19(22)26-33-27-20/h3-11H,12H2,1-2H3,(H2,22,26)(H,25,30)/b23-11-. The summed E-state index contributed by atoms with van der Waals surface area (Å²) in [5.41, 5.74) is 9.44. The minimum absolute atomic E-state index is 0.0208. The Labute approximate surface area is 198 Å². The van der Waals surface area contributed by atoms with Gasteiger partial charge in [0.15, 0.2) is 5.69 Å². The van der Waals surface area contributed by atoms with Gasteiger partial charge in [0.1, 0.15) is 11.5 Å². The number of benzene rings is 2. The van der Waals surface area contributed by atoms with Crippen molar-refractivity contribution in [2.75, 3.05) is 20.0 Å². The van der Waals surface area contributed by atoms with Gasteiger partial charge in [-0.25, -0.2) is 10.1 Å². The molecule has 34 heavy (non-hydrogen) atoms. The van der Waals surface area contributed by atoms with Crippen LogP contribution >= 0.6 is 11.8 Å². The topological polar surface area (TPSA) is 156 Å². The van der Waals surface area contributed by atoms with Crippen molar-refractivity contribution >= 4 is 29.7 Å². The van der Waals surface area contributed by atoms with Gasteiger partial charge < -0.3 is 15.2 Å². The smallest absolute Gasteiger partial charge is 0.293 e. The summed E-state index contributed by atoms with van der Waals surface area (Å²) in [6.07, 6.45) is 1.46. The van der Waals surface area contributed by atoms with Crippen molar-refractivity contribution in [3.05, 3.63) is 65.5 Å². The number of methoxy groups -OCH3 is 2. The summed E-state index contributed by atoms with van der Waals surface area (Å²) in [4.78, 5) is 13.9. The Balaban J connectivity index is 1.57. The van der Waals surface area contributed by atoms with E-state index in [4.69, 9.17) is 15.2 Å². The molecule has 0 saturated heterocycles. The van der Waals surface area contributed by atoms with Gasteiger partial charge in [-0.1, -0.05) is 23.4 Å². The van der Waals surface area contributed by atoms with Gasteiger partial charge in [-0.2, -0.15) is 9.78 Å². The second-order valence-corrected chi connectivity index (χ2v) is 7.73. The molecule has 0 atom stereocenters. The molecule has 0 aliphatic rings. The van der Waals surface area contributed by atoms with Crippen molar-refractivity contribution in [3.8, 4) is 17.3 Å². The Kier molecular flexibility index (Phi) is 7.03. The number of nitrogens with two attached hydrogens (primary N) is 1. The number of carbonyl (C=O) groups excluding carboxylic acids is 1. The maximum absolute atomic E-state index is 12.9. The molecular formula is C21H20N8O4S. The highest BCUT2D eigenvalue weighted by Gasteiger charge is 2.24. The second-order valence-electron chi connectivity index (χ2n) is 6.68. The highest BCUT2D eigenvalue weighted by molar-refractivity contribution is 7.98. The highest BCUT2D eigenvalue weighted by atomic mass is 32.2. The zero-order valence-corrected chi connectivity index (χ0v) is 19.0. The first-order chi connectivity index (χ1) is 16.6. The van der Waals surface area contributed by atoms with E-state index in [1.54, 1.807) is 25.3 Å². The number of amides is 1. The van der Waals surface area contributed by atoms with Crippen molar-refractivity contribution in [2.24, 2.45) is 5.10 Å². The molecule has 174 valence electrons. The SMILES string of the molecule is COc1ccc(/C=N\NC(=O)c2nnn(-c3nonc3N)c2CSc2ccccc2)c(OC)c1. The lowest BCUT2D eigenvalue weighted by Gasteiger charge is -2.07. The first kappa shape index (κ1) is 22.8. The summed E-state index contributed by atoms with van der Waals surface area (Å²) < 4.78 is 16.5. The van der Waals surface area contributed by atoms with Gasteiger partial charge in [0, 0.05) is 22.3 Å². The van der Waals surface area contributed by atoms with Gasteiger partial charge in [0.25, 0.3) is 5.91 Å². The van der Waals surface area contributed by atoms with Gasteiger partial charge in [0.2, 0.25) is 11.6 Å². The molecule has 0 aliphatic carbocycles. The average Bonchev–Trinajstić information content (AvgIpc) is 3.48. The van der Waals surface area contributed by atoms with Gasteiger partial charge >= 0.3 is 0 Å². The maximum atomic E-state index is 12.9. The molecule has 0 unspecified atom stereocenters. The highest BCUT2D eigenvalue weighted by Crippen LogP contribution is 2.26. The largest absolute Gasteiger partial charge is 0.497 e. The molecule has 0 aliphatic heterocycles. The molecule has 0 fully saturated rings. The van der Waals surface area contributed by atoms with E-state index in [1.807, 2.05) is 30.3 Å². The Hall–Kier alpha value is -4.39. The number of nitrogens with zero attached hydrogens (tertiary/aromatic N) is 6. The van der Waals surface area contributed by atoms with Crippen molar-refractivity contribution in [1.82, 2.24) is 30.7 Å². The monoisotopic (exact) mass is 480 g/mol. The first-order valence-electron chi connectivity index (χ1n) is 9.87. The van der Waals surface area contributed by atoms with Crippen molar-refractivity contribution < 1.29 is 18.9 Å². The van der Waals surface area contributed by atoms with Crippen LogP contribution in [0.15, 0.2) is 63.2 Å². The molecule has 13 heteroatoms. The summed E-state index contributed by atoms with van der Waals surface area (Å²) in [7, 11) is 3.09. The number of anilines is 1. The Bertz CT molecular complexity index is 1310. The Morgan fingerprint density at radius 2 is 2.03 bits per heavy atom.